The summed E-state index contributed by atoms with van der Waals surface area (Å²) in [4.78, 5) is 15.2. The van der Waals surface area contributed by atoms with Crippen LogP contribution in [0.5, 0.6) is 0 Å². The maximum atomic E-state index is 10.8. The van der Waals surface area contributed by atoms with Crippen molar-refractivity contribution in [2.75, 3.05) is 5.75 Å². The summed E-state index contributed by atoms with van der Waals surface area (Å²) in [5.41, 5.74) is 1.73. The molecule has 4 nitrogen and oxygen atoms in total. The quantitative estimate of drug-likeness (QED) is 0.849. The smallest absolute Gasteiger partial charge is 0.313 e. The monoisotopic (exact) mass is 310 g/mol. The zero-order valence-electron chi connectivity index (χ0n) is 13.6. The number of rotatable bonds is 4. The Morgan fingerprint density at radius 2 is 1.95 bits per heavy atom. The van der Waals surface area contributed by atoms with Crippen LogP contribution in [0.1, 0.15) is 58.7 Å². The van der Waals surface area contributed by atoms with Gasteiger partial charge >= 0.3 is 5.97 Å². The van der Waals surface area contributed by atoms with Gasteiger partial charge in [0, 0.05) is 17.9 Å². The molecular formula is C16H26N2O2S. The summed E-state index contributed by atoms with van der Waals surface area (Å²) in [5, 5.41) is 9.73. The molecule has 1 N–H and O–H groups in total. The topological polar surface area (TPSA) is 55.1 Å². The van der Waals surface area contributed by atoms with Crippen molar-refractivity contribution >= 4 is 17.7 Å². The summed E-state index contributed by atoms with van der Waals surface area (Å²) in [6, 6.07) is 0.405. The summed E-state index contributed by atoms with van der Waals surface area (Å²) in [6.07, 6.45) is 5.32. The zero-order valence-corrected chi connectivity index (χ0v) is 14.5. The number of imidazole rings is 1. The number of carboxylic acid groups (broad SMARTS) is 1. The predicted molar refractivity (Wildman–Crippen MR) is 85.8 cm³/mol. The number of aliphatic carboxylic acids is 1. The van der Waals surface area contributed by atoms with Gasteiger partial charge in [-0.25, -0.2) is 4.98 Å². The number of hydrogen-bond donors (Lipinski definition) is 1. The van der Waals surface area contributed by atoms with Crippen LogP contribution in [0.2, 0.25) is 0 Å². The van der Waals surface area contributed by atoms with Crippen molar-refractivity contribution in [2.24, 2.45) is 10.8 Å². The van der Waals surface area contributed by atoms with Crippen molar-refractivity contribution in [1.29, 1.82) is 0 Å². The number of aromatic nitrogens is 2. The maximum Gasteiger partial charge on any atom is 0.313 e. The lowest BCUT2D eigenvalue weighted by Crippen LogP contribution is -2.35. The van der Waals surface area contributed by atoms with Crippen molar-refractivity contribution < 1.29 is 9.90 Å². The first-order valence-corrected chi connectivity index (χ1v) is 8.47. The van der Waals surface area contributed by atoms with Gasteiger partial charge in [-0.2, -0.15) is 0 Å². The second kappa shape index (κ2) is 5.67. The molecule has 1 fully saturated rings. The van der Waals surface area contributed by atoms with Crippen molar-refractivity contribution in [3.05, 3.63) is 11.9 Å². The molecule has 1 aliphatic carbocycles. The third-order valence-corrected chi connectivity index (χ3v) is 5.12. The van der Waals surface area contributed by atoms with E-state index in [0.717, 1.165) is 23.7 Å². The van der Waals surface area contributed by atoms with Gasteiger partial charge in [0.25, 0.3) is 0 Å². The maximum absolute atomic E-state index is 10.8. The molecule has 0 bridgehead atoms. The molecule has 0 atom stereocenters. The van der Waals surface area contributed by atoms with E-state index in [-0.39, 0.29) is 5.75 Å². The minimum Gasteiger partial charge on any atom is -0.481 e. The van der Waals surface area contributed by atoms with Crippen LogP contribution in [0.3, 0.4) is 0 Å². The lowest BCUT2D eigenvalue weighted by atomic mass is 9.63. The molecule has 118 valence electrons. The van der Waals surface area contributed by atoms with Gasteiger partial charge < -0.3 is 9.67 Å². The summed E-state index contributed by atoms with van der Waals surface area (Å²) >= 11 is 1.32. The first-order valence-electron chi connectivity index (χ1n) is 7.48. The second-order valence-electron chi connectivity index (χ2n) is 7.80. The highest BCUT2D eigenvalue weighted by Gasteiger charge is 2.40. The van der Waals surface area contributed by atoms with Gasteiger partial charge in [0.15, 0.2) is 5.16 Å². The fourth-order valence-electron chi connectivity index (χ4n) is 4.07. The van der Waals surface area contributed by atoms with Gasteiger partial charge in [0.2, 0.25) is 0 Å². The Kier molecular flexibility index (Phi) is 4.43. The van der Waals surface area contributed by atoms with Gasteiger partial charge in [-0.1, -0.05) is 39.5 Å². The highest BCUT2D eigenvalue weighted by molar-refractivity contribution is 7.99. The molecule has 1 saturated carbocycles. The van der Waals surface area contributed by atoms with E-state index in [9.17, 15) is 4.79 Å². The van der Waals surface area contributed by atoms with Crippen LogP contribution in [-0.4, -0.2) is 26.4 Å². The van der Waals surface area contributed by atoms with Crippen LogP contribution < -0.4 is 0 Å². The van der Waals surface area contributed by atoms with Gasteiger partial charge in [0.05, 0.1) is 5.75 Å². The molecule has 0 spiro atoms. The molecule has 5 heteroatoms. The lowest BCUT2D eigenvalue weighted by molar-refractivity contribution is -0.133. The Labute approximate surface area is 131 Å². The Morgan fingerprint density at radius 1 is 1.38 bits per heavy atom. The largest absolute Gasteiger partial charge is 0.481 e. The van der Waals surface area contributed by atoms with Crippen LogP contribution in [-0.2, 0) is 4.79 Å². The molecule has 1 aromatic heterocycles. The van der Waals surface area contributed by atoms with E-state index in [1.165, 1.54) is 18.2 Å². The Balaban J connectivity index is 2.28. The van der Waals surface area contributed by atoms with Crippen LogP contribution in [0.4, 0.5) is 0 Å². The van der Waals surface area contributed by atoms with Crippen molar-refractivity contribution in [3.63, 3.8) is 0 Å². The molecule has 1 heterocycles. The fraction of sp³-hybridized carbons (Fsp3) is 0.750. The average molecular weight is 310 g/mol. The van der Waals surface area contributed by atoms with Crippen LogP contribution in [0.25, 0.3) is 0 Å². The van der Waals surface area contributed by atoms with Crippen LogP contribution in [0.15, 0.2) is 11.4 Å². The summed E-state index contributed by atoms with van der Waals surface area (Å²) in [5.74, 6) is -0.729. The van der Waals surface area contributed by atoms with E-state index in [0.29, 0.717) is 16.9 Å². The van der Waals surface area contributed by atoms with E-state index in [2.05, 4.69) is 44.2 Å². The fourth-order valence-corrected chi connectivity index (χ4v) is 4.88. The molecule has 0 radical (unpaired) electrons. The number of thioether (sulfide) groups is 1. The lowest BCUT2D eigenvalue weighted by Gasteiger charge is -2.45. The average Bonchev–Trinajstić information content (AvgIpc) is 2.63. The number of aryl methyl sites for hydroxylation is 1. The molecule has 0 amide bonds. The standard InChI is InChI=1S/C16H26N2O2S/c1-11-8-17-14(21-9-13(19)20)18(11)12-6-15(2,3)10-16(4,5)7-12/h8,12H,6-7,9-10H2,1-5H3,(H,19,20). The highest BCUT2D eigenvalue weighted by Crippen LogP contribution is 2.50. The van der Waals surface area contributed by atoms with E-state index < -0.39 is 5.97 Å². The van der Waals surface area contributed by atoms with Gasteiger partial charge in [-0.05, 0) is 37.0 Å². The minimum absolute atomic E-state index is 0.0654. The molecule has 21 heavy (non-hydrogen) atoms. The first-order chi connectivity index (χ1) is 9.60. The number of carbonyl (C=O) groups is 1. The molecule has 2 rings (SSSR count). The number of hydrogen-bond acceptors (Lipinski definition) is 3. The number of carboxylic acids is 1. The second-order valence-corrected chi connectivity index (χ2v) is 8.74. The molecule has 1 aromatic rings. The summed E-state index contributed by atoms with van der Waals surface area (Å²) in [6.45, 7) is 11.4. The van der Waals surface area contributed by atoms with Gasteiger partial charge in [0.1, 0.15) is 0 Å². The third kappa shape index (κ3) is 4.02. The highest BCUT2D eigenvalue weighted by atomic mass is 32.2. The Morgan fingerprint density at radius 3 is 2.48 bits per heavy atom. The van der Waals surface area contributed by atoms with E-state index in [1.807, 2.05) is 6.20 Å². The van der Waals surface area contributed by atoms with Gasteiger partial charge in [-0.15, -0.1) is 0 Å². The molecule has 0 unspecified atom stereocenters. The molecular weight excluding hydrogens is 284 g/mol. The predicted octanol–water partition coefficient (Wildman–Crippen LogP) is 4.15. The normalized spacial score (nSPS) is 21.4. The van der Waals surface area contributed by atoms with Crippen molar-refractivity contribution in [3.8, 4) is 0 Å². The SMILES string of the molecule is Cc1cnc(SCC(=O)O)n1C1CC(C)(C)CC(C)(C)C1. The summed E-state index contributed by atoms with van der Waals surface area (Å²) in [7, 11) is 0. The van der Waals surface area contributed by atoms with Gasteiger partial charge in [-0.3, -0.25) is 4.79 Å². The third-order valence-electron chi connectivity index (χ3n) is 4.17. The van der Waals surface area contributed by atoms with Crippen molar-refractivity contribution in [2.45, 2.75) is 65.1 Å². The van der Waals surface area contributed by atoms with Crippen molar-refractivity contribution in [1.82, 2.24) is 9.55 Å². The molecule has 0 saturated heterocycles. The van der Waals surface area contributed by atoms with Crippen LogP contribution >= 0.6 is 11.8 Å². The Hall–Kier alpha value is -0.970. The number of nitrogens with zero attached hydrogens (tertiary/aromatic N) is 2. The minimum atomic E-state index is -0.795. The van der Waals surface area contributed by atoms with Crippen LogP contribution in [0, 0.1) is 17.8 Å². The van der Waals surface area contributed by atoms with E-state index >= 15 is 0 Å². The van der Waals surface area contributed by atoms with E-state index in [1.54, 1.807) is 0 Å². The zero-order chi connectivity index (χ0) is 15.8. The van der Waals surface area contributed by atoms with E-state index in [4.69, 9.17) is 5.11 Å². The molecule has 0 aromatic carbocycles. The summed E-state index contributed by atoms with van der Waals surface area (Å²) < 4.78 is 2.26. The Bertz CT molecular complexity index is 518. The molecule has 1 aliphatic rings. The molecule has 0 aliphatic heterocycles. The first kappa shape index (κ1) is 16.4.